The van der Waals surface area contributed by atoms with Crippen LogP contribution in [0.15, 0.2) is 18.2 Å². The van der Waals surface area contributed by atoms with Crippen molar-refractivity contribution in [1.29, 1.82) is 0 Å². The number of nitrogen functional groups attached to an aromatic ring is 1. The highest BCUT2D eigenvalue weighted by atomic mass is 16.2. The van der Waals surface area contributed by atoms with Crippen LogP contribution in [0, 0.1) is 5.92 Å². The Labute approximate surface area is 118 Å². The number of nitrogens with one attached hydrogen (secondary N) is 1. The number of anilines is 2. The lowest BCUT2D eigenvalue weighted by atomic mass is 9.96. The highest BCUT2D eigenvalue weighted by Gasteiger charge is 2.26. The van der Waals surface area contributed by atoms with E-state index in [2.05, 4.69) is 10.2 Å². The quantitative estimate of drug-likeness (QED) is 0.692. The lowest BCUT2D eigenvalue weighted by Crippen LogP contribution is -2.42. The van der Waals surface area contributed by atoms with Crippen molar-refractivity contribution in [2.24, 2.45) is 11.7 Å². The fourth-order valence-corrected chi connectivity index (χ4v) is 2.61. The highest BCUT2D eigenvalue weighted by Crippen LogP contribution is 2.29. The summed E-state index contributed by atoms with van der Waals surface area (Å²) in [6.07, 6.45) is 1.82. The van der Waals surface area contributed by atoms with Gasteiger partial charge in [0.15, 0.2) is 0 Å². The van der Waals surface area contributed by atoms with Crippen LogP contribution in [0.25, 0.3) is 0 Å². The van der Waals surface area contributed by atoms with Crippen molar-refractivity contribution >= 4 is 23.2 Å². The average Bonchev–Trinajstić information content (AvgIpc) is 2.46. The monoisotopic (exact) mass is 276 g/mol. The van der Waals surface area contributed by atoms with Crippen LogP contribution in [0.5, 0.6) is 0 Å². The van der Waals surface area contributed by atoms with Crippen LogP contribution in [0.3, 0.4) is 0 Å². The van der Waals surface area contributed by atoms with Crippen molar-refractivity contribution in [1.82, 2.24) is 5.32 Å². The maximum Gasteiger partial charge on any atom is 0.248 e. The molecule has 1 heterocycles. The molecule has 6 nitrogen and oxygen atoms in total. The molecule has 0 aromatic heterocycles. The SMILES string of the molecule is CNC(=O)C1CCCN(c2ccc(C(N)=O)cc2N)C1. The minimum atomic E-state index is -0.495. The van der Waals surface area contributed by atoms with E-state index < -0.39 is 5.91 Å². The van der Waals surface area contributed by atoms with Crippen LogP contribution in [-0.4, -0.2) is 32.0 Å². The zero-order valence-corrected chi connectivity index (χ0v) is 11.6. The van der Waals surface area contributed by atoms with Crippen molar-refractivity contribution < 1.29 is 9.59 Å². The number of primary amides is 1. The summed E-state index contributed by atoms with van der Waals surface area (Å²) in [5.74, 6) is -0.462. The Morgan fingerprint density at radius 3 is 2.75 bits per heavy atom. The molecule has 1 aromatic carbocycles. The first-order chi connectivity index (χ1) is 9.52. The van der Waals surface area contributed by atoms with Gasteiger partial charge in [0, 0.05) is 25.7 Å². The summed E-state index contributed by atoms with van der Waals surface area (Å²) in [7, 11) is 1.65. The Morgan fingerprint density at radius 1 is 1.40 bits per heavy atom. The molecule has 108 valence electrons. The predicted octanol–water partition coefficient (Wildman–Crippen LogP) is 0.330. The Hall–Kier alpha value is -2.24. The second-order valence-electron chi connectivity index (χ2n) is 5.04. The van der Waals surface area contributed by atoms with Gasteiger partial charge < -0.3 is 21.7 Å². The van der Waals surface area contributed by atoms with Crippen LogP contribution in [0.1, 0.15) is 23.2 Å². The molecule has 0 bridgehead atoms. The van der Waals surface area contributed by atoms with Gasteiger partial charge in [-0.2, -0.15) is 0 Å². The Morgan fingerprint density at radius 2 is 2.15 bits per heavy atom. The molecule has 1 saturated heterocycles. The van der Waals surface area contributed by atoms with Gasteiger partial charge in [0.1, 0.15) is 0 Å². The molecule has 1 unspecified atom stereocenters. The number of nitrogens with zero attached hydrogens (tertiary/aromatic N) is 1. The lowest BCUT2D eigenvalue weighted by Gasteiger charge is -2.34. The number of benzene rings is 1. The standard InChI is InChI=1S/C14H20N4O2/c1-17-14(20)10-3-2-6-18(8-10)12-5-4-9(13(16)19)7-11(12)15/h4-5,7,10H,2-3,6,8,15H2,1H3,(H2,16,19)(H,17,20). The maximum atomic E-state index is 11.7. The fourth-order valence-electron chi connectivity index (χ4n) is 2.61. The first-order valence-electron chi connectivity index (χ1n) is 6.68. The molecule has 2 rings (SSSR count). The third-order valence-electron chi connectivity index (χ3n) is 3.69. The van der Waals surface area contributed by atoms with E-state index in [0.29, 0.717) is 17.8 Å². The van der Waals surface area contributed by atoms with Crippen molar-refractivity contribution in [3.8, 4) is 0 Å². The topological polar surface area (TPSA) is 101 Å². The van der Waals surface area contributed by atoms with Gasteiger partial charge in [0.05, 0.1) is 17.3 Å². The predicted molar refractivity (Wildman–Crippen MR) is 78.4 cm³/mol. The van der Waals surface area contributed by atoms with Crippen LogP contribution in [0.4, 0.5) is 11.4 Å². The van der Waals surface area contributed by atoms with E-state index in [9.17, 15) is 9.59 Å². The van der Waals surface area contributed by atoms with Crippen LogP contribution in [0.2, 0.25) is 0 Å². The van der Waals surface area contributed by atoms with E-state index in [1.807, 2.05) is 0 Å². The largest absolute Gasteiger partial charge is 0.397 e. The van der Waals surface area contributed by atoms with E-state index >= 15 is 0 Å². The van der Waals surface area contributed by atoms with Gasteiger partial charge in [-0.05, 0) is 31.0 Å². The summed E-state index contributed by atoms with van der Waals surface area (Å²) in [6.45, 7) is 1.49. The van der Waals surface area contributed by atoms with Gasteiger partial charge in [-0.15, -0.1) is 0 Å². The molecule has 1 aliphatic heterocycles. The second kappa shape index (κ2) is 5.81. The summed E-state index contributed by atoms with van der Waals surface area (Å²) in [4.78, 5) is 24.9. The molecule has 20 heavy (non-hydrogen) atoms. The number of hydrogen-bond acceptors (Lipinski definition) is 4. The summed E-state index contributed by atoms with van der Waals surface area (Å²) >= 11 is 0. The van der Waals surface area contributed by atoms with Crippen molar-refractivity contribution in [2.45, 2.75) is 12.8 Å². The van der Waals surface area contributed by atoms with Gasteiger partial charge in [0.25, 0.3) is 0 Å². The Kier molecular flexibility index (Phi) is 4.12. The van der Waals surface area contributed by atoms with E-state index in [0.717, 1.165) is 25.1 Å². The minimum Gasteiger partial charge on any atom is -0.397 e. The molecule has 0 spiro atoms. The average molecular weight is 276 g/mol. The zero-order valence-electron chi connectivity index (χ0n) is 11.6. The second-order valence-corrected chi connectivity index (χ2v) is 5.04. The number of carbonyl (C=O) groups excluding carboxylic acids is 2. The molecule has 0 radical (unpaired) electrons. The Balaban J connectivity index is 2.19. The fraction of sp³-hybridized carbons (Fsp3) is 0.429. The number of rotatable bonds is 3. The summed E-state index contributed by atoms with van der Waals surface area (Å²) < 4.78 is 0. The smallest absolute Gasteiger partial charge is 0.248 e. The third-order valence-corrected chi connectivity index (χ3v) is 3.69. The number of amides is 2. The van der Waals surface area contributed by atoms with Gasteiger partial charge in [-0.1, -0.05) is 0 Å². The molecule has 5 N–H and O–H groups in total. The summed E-state index contributed by atoms with van der Waals surface area (Å²) in [6, 6.07) is 5.04. The molecule has 0 aliphatic carbocycles. The van der Waals surface area contributed by atoms with Gasteiger partial charge in [0.2, 0.25) is 11.8 Å². The highest BCUT2D eigenvalue weighted by molar-refractivity contribution is 5.95. The zero-order chi connectivity index (χ0) is 14.7. The molecule has 2 amide bonds. The first kappa shape index (κ1) is 14.2. The van der Waals surface area contributed by atoms with Crippen molar-refractivity contribution in [3.63, 3.8) is 0 Å². The summed E-state index contributed by atoms with van der Waals surface area (Å²) in [5, 5.41) is 2.69. The molecule has 1 fully saturated rings. The lowest BCUT2D eigenvalue weighted by molar-refractivity contribution is -0.124. The number of nitrogens with two attached hydrogens (primary N) is 2. The summed E-state index contributed by atoms with van der Waals surface area (Å²) in [5.41, 5.74) is 13.0. The van der Waals surface area contributed by atoms with Crippen molar-refractivity contribution in [3.05, 3.63) is 23.8 Å². The molecule has 1 aromatic rings. The number of hydrogen-bond donors (Lipinski definition) is 3. The molecular formula is C14H20N4O2. The minimum absolute atomic E-state index is 0.0241. The van der Waals surface area contributed by atoms with Gasteiger partial charge >= 0.3 is 0 Å². The molecule has 6 heteroatoms. The first-order valence-corrected chi connectivity index (χ1v) is 6.68. The van der Waals surface area contributed by atoms with E-state index in [4.69, 9.17) is 11.5 Å². The number of carbonyl (C=O) groups is 2. The van der Waals surface area contributed by atoms with E-state index in [-0.39, 0.29) is 11.8 Å². The third kappa shape index (κ3) is 2.84. The maximum absolute atomic E-state index is 11.7. The van der Waals surface area contributed by atoms with Crippen LogP contribution < -0.4 is 21.7 Å². The van der Waals surface area contributed by atoms with Gasteiger partial charge in [-0.25, -0.2) is 0 Å². The molecule has 1 aliphatic rings. The molecule has 0 saturated carbocycles. The van der Waals surface area contributed by atoms with E-state index in [1.165, 1.54) is 0 Å². The van der Waals surface area contributed by atoms with E-state index in [1.54, 1.807) is 25.2 Å². The van der Waals surface area contributed by atoms with Crippen LogP contribution >= 0.6 is 0 Å². The van der Waals surface area contributed by atoms with Crippen molar-refractivity contribution in [2.75, 3.05) is 30.8 Å². The molecular weight excluding hydrogens is 256 g/mol. The normalized spacial score (nSPS) is 18.6. The number of piperidine rings is 1. The van der Waals surface area contributed by atoms with Crippen LogP contribution in [-0.2, 0) is 4.79 Å². The van der Waals surface area contributed by atoms with Gasteiger partial charge in [-0.3, -0.25) is 9.59 Å². The molecule has 1 atom stereocenters. The Bertz CT molecular complexity index is 530.